The third-order valence-corrected chi connectivity index (χ3v) is 5.71. The van der Waals surface area contributed by atoms with E-state index in [0.717, 1.165) is 17.1 Å². The fraction of sp³-hybridized carbons (Fsp3) is 0.259. The van der Waals surface area contributed by atoms with Crippen molar-refractivity contribution in [3.05, 3.63) is 124 Å². The second-order valence-corrected chi connectivity index (χ2v) is 8.68. The molecular formula is C27H29N7O3. The molecule has 0 amide bonds. The zero-order valence-corrected chi connectivity index (χ0v) is 20.4. The minimum absolute atomic E-state index is 0.0464. The van der Waals surface area contributed by atoms with Gasteiger partial charge in [-0.15, -0.1) is 0 Å². The van der Waals surface area contributed by atoms with E-state index in [2.05, 4.69) is 24.8 Å². The molecule has 4 aromatic heterocycles. The normalized spacial score (nSPS) is 12.1. The van der Waals surface area contributed by atoms with Crippen molar-refractivity contribution in [1.82, 2.24) is 29.7 Å². The van der Waals surface area contributed by atoms with Crippen molar-refractivity contribution in [2.75, 3.05) is 13.1 Å². The number of nitrogens with zero attached hydrogens (tertiary/aromatic N) is 7. The zero-order chi connectivity index (χ0) is 25.9. The van der Waals surface area contributed by atoms with Gasteiger partial charge in [0.15, 0.2) is 0 Å². The maximum Gasteiger partial charge on any atom is 0.292 e. The number of pyridine rings is 4. The molecule has 0 radical (unpaired) electrons. The van der Waals surface area contributed by atoms with Crippen LogP contribution in [0.4, 0.5) is 5.69 Å². The standard InChI is InChI=1S/C27H29N7O3/c35-25(19-32(16-22-8-1-4-12-28-22)17-23-9-2-5-13-29-23)20-33(18-24-10-3-6-14-30-24)21-26-27(34(36)37)11-7-15-31-26/h1-15,25,35H,16-21H2. The Labute approximate surface area is 215 Å². The number of hydrogen-bond acceptors (Lipinski definition) is 9. The van der Waals surface area contributed by atoms with Crippen molar-refractivity contribution in [2.24, 2.45) is 0 Å². The van der Waals surface area contributed by atoms with Gasteiger partial charge in [-0.3, -0.25) is 39.9 Å². The molecule has 0 saturated heterocycles. The minimum atomic E-state index is -0.751. The second-order valence-electron chi connectivity index (χ2n) is 8.68. The molecule has 37 heavy (non-hydrogen) atoms. The van der Waals surface area contributed by atoms with E-state index in [1.54, 1.807) is 30.9 Å². The van der Waals surface area contributed by atoms with Crippen molar-refractivity contribution in [1.29, 1.82) is 0 Å². The monoisotopic (exact) mass is 499 g/mol. The van der Waals surface area contributed by atoms with Crippen LogP contribution in [0.2, 0.25) is 0 Å². The van der Waals surface area contributed by atoms with Gasteiger partial charge in [0.05, 0.1) is 28.1 Å². The number of aliphatic hydroxyl groups excluding tert-OH is 1. The van der Waals surface area contributed by atoms with Gasteiger partial charge in [0.2, 0.25) is 0 Å². The lowest BCUT2D eigenvalue weighted by Gasteiger charge is -2.28. The Balaban J connectivity index is 1.50. The first-order valence-corrected chi connectivity index (χ1v) is 12.0. The molecule has 1 N–H and O–H groups in total. The van der Waals surface area contributed by atoms with Crippen molar-refractivity contribution < 1.29 is 10.0 Å². The summed E-state index contributed by atoms with van der Waals surface area (Å²) in [7, 11) is 0. The highest BCUT2D eigenvalue weighted by atomic mass is 16.6. The molecule has 0 aliphatic carbocycles. The molecule has 10 heteroatoms. The zero-order valence-electron chi connectivity index (χ0n) is 20.4. The Morgan fingerprint density at radius 2 is 1.14 bits per heavy atom. The van der Waals surface area contributed by atoms with Gasteiger partial charge >= 0.3 is 0 Å². The third-order valence-electron chi connectivity index (χ3n) is 5.71. The summed E-state index contributed by atoms with van der Waals surface area (Å²) >= 11 is 0. The van der Waals surface area contributed by atoms with E-state index in [9.17, 15) is 15.2 Å². The number of hydrogen-bond donors (Lipinski definition) is 1. The lowest BCUT2D eigenvalue weighted by Crippen LogP contribution is -2.40. The molecule has 4 aromatic rings. The quantitative estimate of drug-likeness (QED) is 0.218. The molecule has 190 valence electrons. The van der Waals surface area contributed by atoms with Crippen LogP contribution in [0.1, 0.15) is 22.8 Å². The van der Waals surface area contributed by atoms with Crippen LogP contribution < -0.4 is 0 Å². The Morgan fingerprint density at radius 1 is 0.676 bits per heavy atom. The van der Waals surface area contributed by atoms with E-state index < -0.39 is 11.0 Å². The van der Waals surface area contributed by atoms with Gasteiger partial charge in [-0.2, -0.15) is 0 Å². The number of rotatable bonds is 13. The van der Waals surface area contributed by atoms with Gasteiger partial charge in [0.25, 0.3) is 5.69 Å². The first-order valence-electron chi connectivity index (χ1n) is 12.0. The fourth-order valence-corrected chi connectivity index (χ4v) is 4.12. The predicted octanol–water partition coefficient (Wildman–Crippen LogP) is 3.24. The maximum atomic E-state index is 11.5. The molecule has 1 atom stereocenters. The first-order chi connectivity index (χ1) is 18.1. The largest absolute Gasteiger partial charge is 0.390 e. The van der Waals surface area contributed by atoms with E-state index >= 15 is 0 Å². The van der Waals surface area contributed by atoms with Gasteiger partial charge in [0.1, 0.15) is 5.69 Å². The average molecular weight is 500 g/mol. The summed E-state index contributed by atoms with van der Waals surface area (Å²) in [6.45, 7) is 2.32. The molecule has 0 aliphatic rings. The molecular weight excluding hydrogens is 470 g/mol. The van der Waals surface area contributed by atoms with E-state index in [-0.39, 0.29) is 18.8 Å². The maximum absolute atomic E-state index is 11.5. The Bertz CT molecular complexity index is 1210. The summed E-state index contributed by atoms with van der Waals surface area (Å²) in [5.74, 6) is 0. The lowest BCUT2D eigenvalue weighted by atomic mass is 10.2. The van der Waals surface area contributed by atoms with Crippen LogP contribution >= 0.6 is 0 Å². The smallest absolute Gasteiger partial charge is 0.292 e. The highest BCUT2D eigenvalue weighted by Gasteiger charge is 2.22. The molecule has 0 fully saturated rings. The van der Waals surface area contributed by atoms with Crippen LogP contribution in [0.15, 0.2) is 91.5 Å². The van der Waals surface area contributed by atoms with Crippen molar-refractivity contribution >= 4 is 5.69 Å². The molecule has 0 spiro atoms. The van der Waals surface area contributed by atoms with Crippen LogP contribution in [0.25, 0.3) is 0 Å². The first kappa shape index (κ1) is 26.0. The van der Waals surface area contributed by atoms with Crippen molar-refractivity contribution in [2.45, 2.75) is 32.3 Å². The molecule has 0 aromatic carbocycles. The Kier molecular flexibility index (Phi) is 9.30. The molecule has 4 heterocycles. The van der Waals surface area contributed by atoms with E-state index in [1.807, 2.05) is 59.5 Å². The predicted molar refractivity (Wildman–Crippen MR) is 138 cm³/mol. The summed E-state index contributed by atoms with van der Waals surface area (Å²) in [5.41, 5.74) is 2.87. The van der Waals surface area contributed by atoms with Crippen molar-refractivity contribution in [3.8, 4) is 0 Å². The highest BCUT2D eigenvalue weighted by Crippen LogP contribution is 2.19. The van der Waals surface area contributed by atoms with Crippen LogP contribution in [0.5, 0.6) is 0 Å². The average Bonchev–Trinajstić information content (AvgIpc) is 2.90. The van der Waals surface area contributed by atoms with Crippen LogP contribution in [-0.2, 0) is 26.2 Å². The van der Waals surface area contributed by atoms with Crippen molar-refractivity contribution in [3.63, 3.8) is 0 Å². The number of aromatic nitrogens is 4. The Hall–Kier alpha value is -4.12. The van der Waals surface area contributed by atoms with Crippen LogP contribution in [0.3, 0.4) is 0 Å². The fourth-order valence-electron chi connectivity index (χ4n) is 4.12. The summed E-state index contributed by atoms with van der Waals surface area (Å²) in [4.78, 5) is 32.6. The molecule has 0 saturated carbocycles. The van der Waals surface area contributed by atoms with Gasteiger partial charge in [0, 0.05) is 70.1 Å². The molecule has 0 aliphatic heterocycles. The van der Waals surface area contributed by atoms with E-state index in [4.69, 9.17) is 0 Å². The lowest BCUT2D eigenvalue weighted by molar-refractivity contribution is -0.386. The van der Waals surface area contributed by atoms with E-state index in [1.165, 1.54) is 6.07 Å². The summed E-state index contributed by atoms with van der Waals surface area (Å²) in [6, 6.07) is 20.1. The molecule has 1 unspecified atom stereocenters. The van der Waals surface area contributed by atoms with Crippen LogP contribution in [-0.4, -0.2) is 59.0 Å². The van der Waals surface area contributed by atoms with E-state index in [0.29, 0.717) is 31.9 Å². The second kappa shape index (κ2) is 13.3. The van der Waals surface area contributed by atoms with Crippen LogP contribution in [0, 0.1) is 10.1 Å². The molecule has 10 nitrogen and oxygen atoms in total. The van der Waals surface area contributed by atoms with Gasteiger partial charge in [-0.05, 0) is 42.5 Å². The minimum Gasteiger partial charge on any atom is -0.390 e. The molecule has 0 bridgehead atoms. The Morgan fingerprint density at radius 3 is 1.57 bits per heavy atom. The van der Waals surface area contributed by atoms with Gasteiger partial charge in [-0.1, -0.05) is 18.2 Å². The molecule has 4 rings (SSSR count). The highest BCUT2D eigenvalue weighted by molar-refractivity contribution is 5.34. The number of aliphatic hydroxyl groups is 1. The summed E-state index contributed by atoms with van der Waals surface area (Å²) in [6.07, 6.45) is 5.99. The SMILES string of the molecule is O=[N+]([O-])c1cccnc1CN(Cc1ccccn1)CC(O)CN(Cc1ccccn1)Cc1ccccn1. The number of nitro groups is 1. The summed E-state index contributed by atoms with van der Waals surface area (Å²) < 4.78 is 0. The van der Waals surface area contributed by atoms with Gasteiger partial charge < -0.3 is 5.11 Å². The van der Waals surface area contributed by atoms with Gasteiger partial charge in [-0.25, -0.2) is 0 Å². The summed E-state index contributed by atoms with van der Waals surface area (Å²) in [5, 5.41) is 22.7. The topological polar surface area (TPSA) is 121 Å². The third kappa shape index (κ3) is 8.21.